The number of tetrazole rings is 1. The molecule has 1 unspecified atom stereocenters. The van der Waals surface area contributed by atoms with Crippen LogP contribution in [0.15, 0.2) is 29.4 Å². The first-order valence-electron chi connectivity index (χ1n) is 6.39. The number of halogens is 1. The van der Waals surface area contributed by atoms with E-state index in [1.54, 1.807) is 24.3 Å². The molecule has 104 valence electrons. The Morgan fingerprint density at radius 3 is 3.00 bits per heavy atom. The highest BCUT2D eigenvalue weighted by Crippen LogP contribution is 2.37. The first kappa shape index (κ1) is 13.6. The molecule has 0 aliphatic heterocycles. The quantitative estimate of drug-likeness (QED) is 0.627. The van der Waals surface area contributed by atoms with E-state index in [1.165, 1.54) is 11.8 Å². The topological polar surface area (TPSA) is 60.7 Å². The Hall–Kier alpha value is -1.40. The Morgan fingerprint density at radius 2 is 2.30 bits per heavy atom. The molecule has 1 atom stereocenters. The van der Waals surface area contributed by atoms with Crippen molar-refractivity contribution in [3.05, 3.63) is 34.9 Å². The fraction of sp³-hybridized carbons (Fsp3) is 0.385. The molecule has 1 fully saturated rings. The van der Waals surface area contributed by atoms with Gasteiger partial charge in [-0.25, -0.2) is 4.68 Å². The second kappa shape index (κ2) is 5.54. The number of carbonyl (C=O) groups excluding carboxylic acids is 1. The highest BCUT2D eigenvalue weighted by molar-refractivity contribution is 8.00. The standard InChI is InChI=1S/C13H13ClN4OS/c1-8(12(19)9-3-2-4-10(14)7-9)20-13-15-16-17-18(13)11-5-6-11/h2-4,7-8,11H,5-6H2,1H3. The van der Waals surface area contributed by atoms with Crippen molar-refractivity contribution >= 4 is 29.1 Å². The van der Waals surface area contributed by atoms with E-state index >= 15 is 0 Å². The number of carbonyl (C=O) groups is 1. The molecule has 0 amide bonds. The number of rotatable bonds is 5. The first-order valence-corrected chi connectivity index (χ1v) is 7.65. The van der Waals surface area contributed by atoms with Crippen molar-refractivity contribution in [2.45, 2.75) is 36.2 Å². The third-order valence-electron chi connectivity index (χ3n) is 3.12. The average Bonchev–Trinajstić information content (AvgIpc) is 3.18. The maximum absolute atomic E-state index is 12.4. The summed E-state index contributed by atoms with van der Waals surface area (Å²) < 4.78 is 1.81. The SMILES string of the molecule is CC(Sc1nnnn1C1CC1)C(=O)c1cccc(Cl)c1. The molecule has 1 aliphatic rings. The van der Waals surface area contributed by atoms with Crippen LogP contribution in [0.1, 0.15) is 36.2 Å². The fourth-order valence-electron chi connectivity index (χ4n) is 1.90. The minimum Gasteiger partial charge on any atom is -0.293 e. The molecule has 0 bridgehead atoms. The molecule has 0 N–H and O–H groups in total. The summed E-state index contributed by atoms with van der Waals surface area (Å²) in [5.74, 6) is 0.0304. The van der Waals surface area contributed by atoms with Gasteiger partial charge in [0.05, 0.1) is 11.3 Å². The second-order valence-corrected chi connectivity index (χ2v) is 6.52. The highest BCUT2D eigenvalue weighted by atomic mass is 35.5. The molecule has 7 heteroatoms. The van der Waals surface area contributed by atoms with Gasteiger partial charge in [-0.15, -0.1) is 5.10 Å². The number of nitrogens with zero attached hydrogens (tertiary/aromatic N) is 4. The molecule has 0 saturated heterocycles. The van der Waals surface area contributed by atoms with E-state index in [0.717, 1.165) is 12.8 Å². The van der Waals surface area contributed by atoms with E-state index in [-0.39, 0.29) is 11.0 Å². The number of thioether (sulfide) groups is 1. The van der Waals surface area contributed by atoms with Crippen molar-refractivity contribution in [2.24, 2.45) is 0 Å². The lowest BCUT2D eigenvalue weighted by Crippen LogP contribution is -2.14. The summed E-state index contributed by atoms with van der Waals surface area (Å²) in [4.78, 5) is 12.4. The van der Waals surface area contributed by atoms with Crippen LogP contribution >= 0.6 is 23.4 Å². The van der Waals surface area contributed by atoms with Gasteiger partial charge >= 0.3 is 0 Å². The van der Waals surface area contributed by atoms with Gasteiger partial charge in [0.25, 0.3) is 0 Å². The molecule has 1 aromatic heterocycles. The van der Waals surface area contributed by atoms with Gasteiger partial charge in [-0.3, -0.25) is 4.79 Å². The lowest BCUT2D eigenvalue weighted by Gasteiger charge is -2.10. The van der Waals surface area contributed by atoms with Gasteiger partial charge in [0, 0.05) is 10.6 Å². The minimum atomic E-state index is -0.253. The Bertz CT molecular complexity index is 641. The van der Waals surface area contributed by atoms with Crippen molar-refractivity contribution in [2.75, 3.05) is 0 Å². The van der Waals surface area contributed by atoms with Crippen LogP contribution < -0.4 is 0 Å². The number of benzene rings is 1. The van der Waals surface area contributed by atoms with Gasteiger partial charge in [0.1, 0.15) is 0 Å². The summed E-state index contributed by atoms with van der Waals surface area (Å²) in [7, 11) is 0. The zero-order valence-electron chi connectivity index (χ0n) is 10.9. The van der Waals surface area contributed by atoms with Crippen LogP contribution in [-0.2, 0) is 0 Å². The largest absolute Gasteiger partial charge is 0.293 e. The molecule has 0 radical (unpaired) electrons. The molecule has 2 aromatic rings. The van der Waals surface area contributed by atoms with Gasteiger partial charge in [-0.1, -0.05) is 35.5 Å². The van der Waals surface area contributed by atoms with Crippen molar-refractivity contribution in [1.29, 1.82) is 0 Å². The summed E-state index contributed by atoms with van der Waals surface area (Å²) in [6, 6.07) is 7.39. The van der Waals surface area contributed by atoms with E-state index < -0.39 is 0 Å². The maximum atomic E-state index is 12.4. The fourth-order valence-corrected chi connectivity index (χ4v) is 3.03. The van der Waals surface area contributed by atoms with E-state index in [9.17, 15) is 4.79 Å². The number of hydrogen-bond acceptors (Lipinski definition) is 5. The molecule has 3 rings (SSSR count). The summed E-state index contributed by atoms with van der Waals surface area (Å²) in [6.45, 7) is 1.86. The third-order valence-corrected chi connectivity index (χ3v) is 4.40. The lowest BCUT2D eigenvalue weighted by atomic mass is 10.1. The lowest BCUT2D eigenvalue weighted by molar-refractivity contribution is 0.0994. The molecule has 1 saturated carbocycles. The molecule has 1 aromatic carbocycles. The average molecular weight is 309 g/mol. The molecular weight excluding hydrogens is 296 g/mol. The van der Waals surface area contributed by atoms with E-state index in [1.807, 2.05) is 11.6 Å². The predicted molar refractivity (Wildman–Crippen MR) is 77.2 cm³/mol. The highest BCUT2D eigenvalue weighted by Gasteiger charge is 2.29. The zero-order valence-corrected chi connectivity index (χ0v) is 12.4. The van der Waals surface area contributed by atoms with Gasteiger partial charge < -0.3 is 0 Å². The number of ketones is 1. The molecular formula is C13H13ClN4OS. The van der Waals surface area contributed by atoms with Crippen LogP contribution in [0.2, 0.25) is 5.02 Å². The van der Waals surface area contributed by atoms with Crippen LogP contribution in [0.4, 0.5) is 0 Å². The van der Waals surface area contributed by atoms with Crippen molar-refractivity contribution < 1.29 is 4.79 Å². The second-order valence-electron chi connectivity index (χ2n) is 4.77. The molecule has 1 heterocycles. The molecule has 20 heavy (non-hydrogen) atoms. The van der Waals surface area contributed by atoms with Crippen LogP contribution in [-0.4, -0.2) is 31.2 Å². The molecule has 1 aliphatic carbocycles. The number of Topliss-reactive ketones (excluding diaryl/α,β-unsaturated/α-hetero) is 1. The van der Waals surface area contributed by atoms with E-state index in [0.29, 0.717) is 21.8 Å². The smallest absolute Gasteiger partial charge is 0.210 e. The van der Waals surface area contributed by atoms with Gasteiger partial charge in [-0.2, -0.15) is 0 Å². The Morgan fingerprint density at radius 1 is 1.50 bits per heavy atom. The van der Waals surface area contributed by atoms with E-state index in [2.05, 4.69) is 15.5 Å². The molecule has 0 spiro atoms. The number of aromatic nitrogens is 4. The summed E-state index contributed by atoms with van der Waals surface area (Å²) in [6.07, 6.45) is 2.21. The Balaban J connectivity index is 1.73. The Kier molecular flexibility index (Phi) is 3.76. The van der Waals surface area contributed by atoms with Crippen LogP contribution in [0.3, 0.4) is 0 Å². The predicted octanol–water partition coefficient (Wildman–Crippen LogP) is 3.02. The number of hydrogen-bond donors (Lipinski definition) is 0. The van der Waals surface area contributed by atoms with Crippen molar-refractivity contribution in [3.8, 4) is 0 Å². The Labute approximate surface area is 125 Å². The first-order chi connectivity index (χ1) is 9.65. The van der Waals surface area contributed by atoms with E-state index in [4.69, 9.17) is 11.6 Å². The van der Waals surface area contributed by atoms with Gasteiger partial charge in [-0.05, 0) is 42.3 Å². The van der Waals surface area contributed by atoms with Gasteiger partial charge in [0.15, 0.2) is 5.78 Å². The van der Waals surface area contributed by atoms with Crippen LogP contribution in [0.25, 0.3) is 0 Å². The zero-order chi connectivity index (χ0) is 14.1. The summed E-state index contributed by atoms with van der Waals surface area (Å²) in [5, 5.41) is 12.7. The van der Waals surface area contributed by atoms with Crippen molar-refractivity contribution in [1.82, 2.24) is 20.2 Å². The summed E-state index contributed by atoms with van der Waals surface area (Å²) in [5.41, 5.74) is 0.614. The minimum absolute atomic E-state index is 0.0304. The normalized spacial score (nSPS) is 16.1. The maximum Gasteiger partial charge on any atom is 0.210 e. The summed E-state index contributed by atoms with van der Waals surface area (Å²) >= 11 is 7.30. The van der Waals surface area contributed by atoms with Crippen molar-refractivity contribution in [3.63, 3.8) is 0 Å². The van der Waals surface area contributed by atoms with Crippen LogP contribution in [0, 0.1) is 0 Å². The molecule has 5 nitrogen and oxygen atoms in total. The van der Waals surface area contributed by atoms with Crippen LogP contribution in [0.5, 0.6) is 0 Å². The van der Waals surface area contributed by atoms with Gasteiger partial charge in [0.2, 0.25) is 5.16 Å². The monoisotopic (exact) mass is 308 g/mol. The third kappa shape index (κ3) is 2.86.